The Morgan fingerprint density at radius 1 is 0.978 bits per heavy atom. The Kier molecular flexibility index (Phi) is 10.3. The molecule has 0 spiro atoms. The maximum Gasteiger partial charge on any atom is 0.261 e. The molecule has 10 heteroatoms. The number of aliphatic hydroxyl groups is 1. The predicted octanol–water partition coefficient (Wildman–Crippen LogP) is 5.12. The molecule has 3 aromatic heterocycles. The second-order valence-electron chi connectivity index (χ2n) is 12.3. The molecule has 5 aromatic rings. The summed E-state index contributed by atoms with van der Waals surface area (Å²) >= 11 is 0. The Labute approximate surface area is 266 Å². The summed E-state index contributed by atoms with van der Waals surface area (Å²) < 4.78 is 14.6. The van der Waals surface area contributed by atoms with Crippen molar-refractivity contribution in [2.75, 3.05) is 19.0 Å². The minimum Gasteiger partial charge on any atom is -0.495 e. The summed E-state index contributed by atoms with van der Waals surface area (Å²) in [4.78, 5) is 13.1. The number of hydrogen-bond acceptors (Lipinski definition) is 8. The molecule has 0 aliphatic carbocycles. The van der Waals surface area contributed by atoms with Crippen molar-refractivity contribution in [3.63, 3.8) is 0 Å². The monoisotopic (exact) mass is 623 g/mol. The SMILES string of the molecule is CCC[C@@H](CCO[Si](c1ccccc1)(c1ccccc1)C(C)(C)C)Nc1n[c]nc2cnn(Cc3cc(CO)ncc3OC)c12. The predicted molar refractivity (Wildman–Crippen MR) is 180 cm³/mol. The lowest BCUT2D eigenvalue weighted by Gasteiger charge is -2.43. The average Bonchev–Trinajstić information content (AvgIpc) is 3.47. The van der Waals surface area contributed by atoms with Crippen LogP contribution in [0.3, 0.4) is 0 Å². The lowest BCUT2D eigenvalue weighted by atomic mass is 10.1. The summed E-state index contributed by atoms with van der Waals surface area (Å²) in [6.45, 7) is 9.94. The first-order valence-electron chi connectivity index (χ1n) is 15.5. The van der Waals surface area contributed by atoms with E-state index in [0.717, 1.165) is 30.3 Å². The van der Waals surface area contributed by atoms with Gasteiger partial charge < -0.3 is 19.6 Å². The highest BCUT2D eigenvalue weighted by Gasteiger charge is 2.50. The number of fused-ring (bicyclic) bond motifs is 1. The second kappa shape index (κ2) is 14.3. The quantitative estimate of drug-likeness (QED) is 0.164. The molecule has 2 aromatic carbocycles. The van der Waals surface area contributed by atoms with Gasteiger partial charge in [-0.2, -0.15) is 5.10 Å². The fourth-order valence-electron chi connectivity index (χ4n) is 6.14. The van der Waals surface area contributed by atoms with E-state index in [1.54, 1.807) is 19.5 Å². The zero-order valence-corrected chi connectivity index (χ0v) is 27.8. The number of aliphatic hydroxyl groups excluding tert-OH is 1. The van der Waals surface area contributed by atoms with Crippen LogP contribution in [0.5, 0.6) is 5.75 Å². The van der Waals surface area contributed by atoms with Crippen LogP contribution in [-0.2, 0) is 17.6 Å². The molecular weight excluding hydrogens is 581 g/mol. The minimum absolute atomic E-state index is 0.0897. The molecule has 9 nitrogen and oxygen atoms in total. The number of benzene rings is 2. The van der Waals surface area contributed by atoms with E-state index >= 15 is 0 Å². The van der Waals surface area contributed by atoms with E-state index in [1.165, 1.54) is 10.4 Å². The maximum atomic E-state index is 9.64. The molecule has 0 aliphatic rings. The average molecular weight is 624 g/mol. The van der Waals surface area contributed by atoms with Gasteiger partial charge in [0.25, 0.3) is 8.32 Å². The Morgan fingerprint density at radius 2 is 1.67 bits per heavy atom. The number of rotatable bonds is 14. The summed E-state index contributed by atoms with van der Waals surface area (Å²) in [5.41, 5.74) is 2.90. The molecule has 0 bridgehead atoms. The van der Waals surface area contributed by atoms with E-state index in [4.69, 9.17) is 9.16 Å². The number of nitrogens with one attached hydrogen (secondary N) is 1. The second-order valence-corrected chi connectivity index (χ2v) is 16.6. The smallest absolute Gasteiger partial charge is 0.261 e. The Bertz CT molecular complexity index is 1630. The van der Waals surface area contributed by atoms with Gasteiger partial charge in [-0.15, -0.1) is 0 Å². The highest BCUT2D eigenvalue weighted by atomic mass is 28.4. The topological polar surface area (TPSA) is 107 Å². The van der Waals surface area contributed by atoms with Gasteiger partial charge in [0.05, 0.1) is 38.3 Å². The van der Waals surface area contributed by atoms with Crippen molar-refractivity contribution < 1.29 is 14.3 Å². The number of anilines is 1. The summed E-state index contributed by atoms with van der Waals surface area (Å²) in [5.74, 6) is 1.30. The Morgan fingerprint density at radius 3 is 2.27 bits per heavy atom. The summed E-state index contributed by atoms with van der Waals surface area (Å²) in [7, 11) is -1.03. The molecule has 0 unspecified atom stereocenters. The van der Waals surface area contributed by atoms with Gasteiger partial charge in [0.2, 0.25) is 6.33 Å². The maximum absolute atomic E-state index is 9.64. The molecular formula is C35H43N6O3Si. The number of pyridine rings is 1. The van der Waals surface area contributed by atoms with Crippen LogP contribution in [0.15, 0.2) is 79.1 Å². The number of hydrogen-bond donors (Lipinski definition) is 2. The number of nitrogens with zero attached hydrogens (tertiary/aromatic N) is 5. The lowest BCUT2D eigenvalue weighted by Crippen LogP contribution is -2.66. The van der Waals surface area contributed by atoms with Crippen molar-refractivity contribution in [2.45, 2.75) is 71.2 Å². The molecule has 5 rings (SSSR count). The van der Waals surface area contributed by atoms with Crippen LogP contribution in [0, 0.1) is 6.33 Å². The molecule has 235 valence electrons. The van der Waals surface area contributed by atoms with E-state index in [-0.39, 0.29) is 17.7 Å². The van der Waals surface area contributed by atoms with Crippen molar-refractivity contribution in [1.29, 1.82) is 0 Å². The first-order valence-corrected chi connectivity index (χ1v) is 17.4. The third-order valence-electron chi connectivity index (χ3n) is 8.26. The lowest BCUT2D eigenvalue weighted by molar-refractivity contribution is 0.276. The first kappa shape index (κ1) is 32.3. The van der Waals surface area contributed by atoms with Crippen LogP contribution in [0.4, 0.5) is 5.82 Å². The van der Waals surface area contributed by atoms with Gasteiger partial charge in [0.1, 0.15) is 16.8 Å². The number of aromatic nitrogens is 5. The van der Waals surface area contributed by atoms with E-state index in [2.05, 4.69) is 120 Å². The van der Waals surface area contributed by atoms with E-state index < -0.39 is 8.32 Å². The third-order valence-corrected chi connectivity index (χ3v) is 13.3. The molecule has 0 saturated heterocycles. The van der Waals surface area contributed by atoms with Crippen LogP contribution in [0.25, 0.3) is 11.0 Å². The van der Waals surface area contributed by atoms with Gasteiger partial charge in [-0.25, -0.2) is 9.97 Å². The standard InChI is InChI=1S/C35H43N6O3Si/c1-6-13-27(18-19-44-45(35(2,3)4,29-14-9-7-10-15-29)30-16-11-8-12-17-30)40-34-33-31(37-25-38-34)21-39-41(33)23-26-20-28(24-42)36-22-32(26)43-5/h7-12,14-17,20-22,27,42H,6,13,18-19,23-24H2,1-5H3,(H,37,38,40)/t27-/m0/s1. The van der Waals surface area contributed by atoms with Crippen LogP contribution in [-0.4, -0.2) is 57.9 Å². The third kappa shape index (κ3) is 6.93. The van der Waals surface area contributed by atoms with E-state index in [0.29, 0.717) is 35.9 Å². The normalized spacial score (nSPS) is 12.8. The highest BCUT2D eigenvalue weighted by molar-refractivity contribution is 6.99. The summed E-state index contributed by atoms with van der Waals surface area (Å²) in [6.07, 6.45) is 8.91. The van der Waals surface area contributed by atoms with Crippen molar-refractivity contribution in [2.24, 2.45) is 0 Å². The van der Waals surface area contributed by atoms with Crippen molar-refractivity contribution in [1.82, 2.24) is 24.7 Å². The molecule has 1 radical (unpaired) electrons. The fraction of sp³-hybridized carbons (Fsp3) is 0.371. The van der Waals surface area contributed by atoms with Crippen molar-refractivity contribution in [3.8, 4) is 5.75 Å². The summed E-state index contributed by atoms with van der Waals surface area (Å²) in [5, 5.41) is 20.4. The molecule has 2 N–H and O–H groups in total. The highest BCUT2D eigenvalue weighted by Crippen LogP contribution is 2.37. The van der Waals surface area contributed by atoms with Gasteiger partial charge in [0, 0.05) is 18.2 Å². The molecule has 0 saturated carbocycles. The van der Waals surface area contributed by atoms with Crippen molar-refractivity contribution >= 4 is 35.5 Å². The number of ether oxygens (including phenoxy) is 1. The summed E-state index contributed by atoms with van der Waals surface area (Å²) in [6, 6.07) is 23.4. The zero-order chi connectivity index (χ0) is 31.9. The van der Waals surface area contributed by atoms with Crippen LogP contribution in [0.2, 0.25) is 5.04 Å². The molecule has 45 heavy (non-hydrogen) atoms. The first-order chi connectivity index (χ1) is 21.8. The zero-order valence-electron chi connectivity index (χ0n) is 26.8. The van der Waals surface area contributed by atoms with Gasteiger partial charge in [-0.05, 0) is 34.3 Å². The Hall–Kier alpha value is -4.12. The van der Waals surface area contributed by atoms with Crippen LogP contribution < -0.4 is 20.4 Å². The largest absolute Gasteiger partial charge is 0.495 e. The van der Waals surface area contributed by atoms with Crippen LogP contribution >= 0.6 is 0 Å². The fourth-order valence-corrected chi connectivity index (χ4v) is 10.7. The molecule has 0 aliphatic heterocycles. The van der Waals surface area contributed by atoms with Gasteiger partial charge in [0.15, 0.2) is 5.82 Å². The Balaban J connectivity index is 1.42. The minimum atomic E-state index is -2.64. The van der Waals surface area contributed by atoms with E-state index in [9.17, 15) is 5.11 Å². The van der Waals surface area contributed by atoms with Crippen molar-refractivity contribution in [3.05, 3.63) is 96.7 Å². The van der Waals surface area contributed by atoms with Gasteiger partial charge in [-0.1, -0.05) is 94.8 Å². The number of methoxy groups -OCH3 is 1. The molecule has 0 fully saturated rings. The van der Waals surface area contributed by atoms with Gasteiger partial charge in [-0.3, -0.25) is 9.67 Å². The molecule has 3 heterocycles. The molecule has 1 atom stereocenters. The van der Waals surface area contributed by atoms with Crippen LogP contribution in [0.1, 0.15) is 58.2 Å². The molecule has 0 amide bonds. The van der Waals surface area contributed by atoms with Gasteiger partial charge >= 0.3 is 0 Å². The van der Waals surface area contributed by atoms with E-state index in [1.807, 2.05) is 10.7 Å².